The maximum atomic E-state index is 2.38. The molecule has 0 nitrogen and oxygen atoms in total. The summed E-state index contributed by atoms with van der Waals surface area (Å²) in [5.41, 5.74) is 5.08. The Morgan fingerprint density at radius 3 is 0.881 bits per heavy atom. The smallest absolute Gasteiger partial charge is 0.00264 e. The summed E-state index contributed by atoms with van der Waals surface area (Å²) in [5.74, 6) is 0. The van der Waals surface area contributed by atoms with Crippen molar-refractivity contribution >= 4 is 75.4 Å². The Kier molecular flexibility index (Phi) is 4.27. The van der Waals surface area contributed by atoms with Crippen LogP contribution in [0, 0.1) is 0 Å². The lowest BCUT2D eigenvalue weighted by Gasteiger charge is -2.16. The number of hydrogen-bond donors (Lipinski definition) is 0. The molecule has 10 rings (SSSR count). The van der Waals surface area contributed by atoms with Crippen LogP contribution in [0.5, 0.6) is 0 Å². The third-order valence-electron chi connectivity index (χ3n) is 9.47. The van der Waals surface area contributed by atoms with Crippen LogP contribution in [0.2, 0.25) is 0 Å². The average Bonchev–Trinajstić information content (AvgIpc) is 3.05. The van der Waals surface area contributed by atoms with Gasteiger partial charge in [-0.1, -0.05) is 121 Å². The predicted molar refractivity (Wildman–Crippen MR) is 182 cm³/mol. The molecule has 0 radical (unpaired) electrons. The van der Waals surface area contributed by atoms with Crippen LogP contribution in [0.1, 0.15) is 0 Å². The number of rotatable bonds is 2. The highest BCUT2D eigenvalue weighted by atomic mass is 14.2. The van der Waals surface area contributed by atoms with E-state index in [4.69, 9.17) is 0 Å². The summed E-state index contributed by atoms with van der Waals surface area (Å²) in [6, 6.07) is 54.5. The second kappa shape index (κ2) is 8.06. The molecule has 0 saturated carbocycles. The molecule has 192 valence electrons. The lowest BCUT2D eigenvalue weighted by molar-refractivity contribution is 1.67. The van der Waals surface area contributed by atoms with Gasteiger partial charge in [-0.25, -0.2) is 0 Å². The zero-order valence-corrected chi connectivity index (χ0v) is 22.9. The molecule has 0 fully saturated rings. The first-order valence-corrected chi connectivity index (χ1v) is 14.7. The largest absolute Gasteiger partial charge is 0.0610 e. The number of hydrogen-bond acceptors (Lipinski definition) is 0. The fraction of sp³-hybridized carbons (Fsp3) is 0. The zero-order chi connectivity index (χ0) is 27.4. The molecule has 0 saturated heterocycles. The summed E-state index contributed by atoms with van der Waals surface area (Å²) in [7, 11) is 0. The standard InChI is InChI=1S/C42H24/c1-5-25-13-17-29-21-33(22-30-18-14-26(6-1)39(25)41(29)30)35-9-3-12-38-36(10-4-11-37(35)38)34-23-31-19-15-27-7-2-8-28-16-20-32(24-34)42(31)40(27)28/h1-24H. The van der Waals surface area contributed by atoms with Gasteiger partial charge in [0.2, 0.25) is 0 Å². The summed E-state index contributed by atoms with van der Waals surface area (Å²) < 4.78 is 0. The Balaban J connectivity index is 1.21. The van der Waals surface area contributed by atoms with Crippen LogP contribution in [0.4, 0.5) is 0 Å². The van der Waals surface area contributed by atoms with Crippen molar-refractivity contribution in [3.63, 3.8) is 0 Å². The molecule has 42 heavy (non-hydrogen) atoms. The predicted octanol–water partition coefficient (Wildman–Crippen LogP) is 12.0. The first-order valence-electron chi connectivity index (χ1n) is 14.7. The lowest BCUT2D eigenvalue weighted by Crippen LogP contribution is -1.89. The van der Waals surface area contributed by atoms with Gasteiger partial charge < -0.3 is 0 Å². The molecule has 10 aromatic rings. The van der Waals surface area contributed by atoms with Crippen LogP contribution in [0.25, 0.3) is 97.7 Å². The third-order valence-corrected chi connectivity index (χ3v) is 9.47. The van der Waals surface area contributed by atoms with E-state index in [1.807, 2.05) is 0 Å². The van der Waals surface area contributed by atoms with Crippen molar-refractivity contribution in [3.8, 4) is 22.3 Å². The van der Waals surface area contributed by atoms with E-state index < -0.39 is 0 Å². The Morgan fingerprint density at radius 1 is 0.238 bits per heavy atom. The molecule has 0 N–H and O–H groups in total. The second-order valence-electron chi connectivity index (χ2n) is 11.7. The molecular formula is C42H24. The zero-order valence-electron chi connectivity index (χ0n) is 22.9. The fourth-order valence-corrected chi connectivity index (χ4v) is 7.63. The van der Waals surface area contributed by atoms with Crippen molar-refractivity contribution in [1.82, 2.24) is 0 Å². The van der Waals surface area contributed by atoms with Crippen LogP contribution in [-0.2, 0) is 0 Å². The van der Waals surface area contributed by atoms with Gasteiger partial charge in [-0.05, 0) is 122 Å². The van der Waals surface area contributed by atoms with Crippen molar-refractivity contribution in [1.29, 1.82) is 0 Å². The van der Waals surface area contributed by atoms with Gasteiger partial charge in [0, 0.05) is 0 Å². The van der Waals surface area contributed by atoms with Crippen molar-refractivity contribution in [2.45, 2.75) is 0 Å². The van der Waals surface area contributed by atoms with Gasteiger partial charge in [-0.15, -0.1) is 0 Å². The first kappa shape index (κ1) is 22.3. The van der Waals surface area contributed by atoms with E-state index in [-0.39, 0.29) is 0 Å². The summed E-state index contributed by atoms with van der Waals surface area (Å²) in [6.45, 7) is 0. The monoisotopic (exact) mass is 528 g/mol. The molecule has 0 aliphatic heterocycles. The topological polar surface area (TPSA) is 0 Å². The highest BCUT2D eigenvalue weighted by Gasteiger charge is 2.15. The summed E-state index contributed by atoms with van der Waals surface area (Å²) >= 11 is 0. The minimum absolute atomic E-state index is 1.26. The van der Waals surface area contributed by atoms with Crippen LogP contribution in [0.3, 0.4) is 0 Å². The fourth-order valence-electron chi connectivity index (χ4n) is 7.63. The van der Waals surface area contributed by atoms with Crippen molar-refractivity contribution in [3.05, 3.63) is 146 Å². The molecule has 0 heterocycles. The summed E-state index contributed by atoms with van der Waals surface area (Å²) in [6.07, 6.45) is 0. The maximum absolute atomic E-state index is 2.38. The van der Waals surface area contributed by atoms with Crippen LogP contribution in [0.15, 0.2) is 146 Å². The molecule has 0 amide bonds. The molecule has 0 bridgehead atoms. The Hall–Kier alpha value is -5.46. The van der Waals surface area contributed by atoms with E-state index in [0.717, 1.165) is 0 Å². The van der Waals surface area contributed by atoms with Crippen LogP contribution < -0.4 is 0 Å². The Labute approximate surface area is 242 Å². The minimum Gasteiger partial charge on any atom is -0.0610 e. The average molecular weight is 529 g/mol. The third kappa shape index (κ3) is 2.96. The molecule has 10 aromatic carbocycles. The molecule has 0 aliphatic carbocycles. The Morgan fingerprint density at radius 2 is 0.524 bits per heavy atom. The second-order valence-corrected chi connectivity index (χ2v) is 11.7. The van der Waals surface area contributed by atoms with Crippen LogP contribution >= 0.6 is 0 Å². The molecule has 0 unspecified atom stereocenters. The lowest BCUT2D eigenvalue weighted by atomic mass is 9.88. The van der Waals surface area contributed by atoms with Gasteiger partial charge in [-0.3, -0.25) is 0 Å². The highest BCUT2D eigenvalue weighted by molar-refractivity contribution is 6.25. The van der Waals surface area contributed by atoms with Gasteiger partial charge in [0.05, 0.1) is 0 Å². The molecule has 0 aliphatic rings. The normalized spacial score (nSPS) is 12.3. The van der Waals surface area contributed by atoms with E-state index in [0.29, 0.717) is 0 Å². The molecule has 0 spiro atoms. The Bertz CT molecular complexity index is 2360. The van der Waals surface area contributed by atoms with Crippen molar-refractivity contribution in [2.24, 2.45) is 0 Å². The summed E-state index contributed by atoms with van der Waals surface area (Å²) in [5, 5.41) is 18.5. The van der Waals surface area contributed by atoms with E-state index in [1.165, 1.54) is 97.7 Å². The van der Waals surface area contributed by atoms with E-state index in [2.05, 4.69) is 146 Å². The van der Waals surface area contributed by atoms with E-state index in [1.54, 1.807) is 0 Å². The van der Waals surface area contributed by atoms with Gasteiger partial charge in [0.15, 0.2) is 0 Å². The number of fused-ring (bicyclic) bond motifs is 1. The van der Waals surface area contributed by atoms with Crippen LogP contribution in [-0.4, -0.2) is 0 Å². The SMILES string of the molecule is c1cc2ccc3cc(-c4cccc5c(-c6cc7ccc8cccc9ccc(c6)c7c89)cccc45)cc4ccc(c1)c2c34. The van der Waals surface area contributed by atoms with E-state index >= 15 is 0 Å². The quantitative estimate of drug-likeness (QED) is 0.196. The minimum atomic E-state index is 1.26. The summed E-state index contributed by atoms with van der Waals surface area (Å²) in [4.78, 5) is 0. The molecule has 0 atom stereocenters. The van der Waals surface area contributed by atoms with Crippen molar-refractivity contribution in [2.75, 3.05) is 0 Å². The van der Waals surface area contributed by atoms with Gasteiger partial charge in [0.1, 0.15) is 0 Å². The highest BCUT2D eigenvalue weighted by Crippen LogP contribution is 2.42. The molecular weight excluding hydrogens is 504 g/mol. The molecule has 0 aromatic heterocycles. The van der Waals surface area contributed by atoms with Gasteiger partial charge >= 0.3 is 0 Å². The first-order chi connectivity index (χ1) is 20.8. The maximum Gasteiger partial charge on any atom is -0.00264 e. The van der Waals surface area contributed by atoms with Crippen molar-refractivity contribution < 1.29 is 0 Å². The van der Waals surface area contributed by atoms with Gasteiger partial charge in [-0.2, -0.15) is 0 Å². The molecule has 0 heteroatoms. The number of benzene rings is 10. The van der Waals surface area contributed by atoms with E-state index in [9.17, 15) is 0 Å². The van der Waals surface area contributed by atoms with Gasteiger partial charge in [0.25, 0.3) is 0 Å².